The molecule has 146 valence electrons. The van der Waals surface area contributed by atoms with Crippen LogP contribution in [0.5, 0.6) is 5.75 Å². The minimum absolute atomic E-state index is 0.0233. The first-order valence-corrected chi connectivity index (χ1v) is 10.3. The molecule has 0 saturated heterocycles. The number of anilines is 1. The standard InChI is InChI=1S/C20H25NO5S/c1-4-5-6-7-16-10-13-18(19(14-16)26-3)21(20(22)23)27(24,25)17-11-8-15(2)9-12-17/h8-14H,4-7H2,1-3H3,(H,22,23). The zero-order valence-corrected chi connectivity index (χ0v) is 16.6. The molecule has 0 aliphatic carbocycles. The Kier molecular flexibility index (Phi) is 6.85. The van der Waals surface area contributed by atoms with Gasteiger partial charge in [-0.3, -0.25) is 0 Å². The van der Waals surface area contributed by atoms with Gasteiger partial charge in [-0.1, -0.05) is 43.5 Å². The van der Waals surface area contributed by atoms with E-state index in [0.717, 1.165) is 36.8 Å². The SMILES string of the molecule is CCCCCc1ccc(N(C(=O)O)S(=O)(=O)c2ccc(C)cc2)c(OC)c1. The van der Waals surface area contributed by atoms with E-state index >= 15 is 0 Å². The molecule has 0 aliphatic heterocycles. The summed E-state index contributed by atoms with van der Waals surface area (Å²) < 4.78 is 31.5. The van der Waals surface area contributed by atoms with Crippen LogP contribution in [0.1, 0.15) is 37.3 Å². The molecular formula is C20H25NO5S. The molecule has 0 fully saturated rings. The van der Waals surface area contributed by atoms with Gasteiger partial charge >= 0.3 is 6.09 Å². The lowest BCUT2D eigenvalue weighted by Crippen LogP contribution is -2.36. The average Bonchev–Trinajstić information content (AvgIpc) is 2.63. The molecule has 0 atom stereocenters. The third-order valence-electron chi connectivity index (χ3n) is 4.26. The first kappa shape index (κ1) is 20.8. The summed E-state index contributed by atoms with van der Waals surface area (Å²) in [6, 6.07) is 11.0. The molecule has 6 nitrogen and oxygen atoms in total. The monoisotopic (exact) mass is 391 g/mol. The number of hydrogen-bond acceptors (Lipinski definition) is 4. The number of aryl methyl sites for hydroxylation is 2. The van der Waals surface area contributed by atoms with Crippen LogP contribution in [0.4, 0.5) is 10.5 Å². The fourth-order valence-corrected chi connectivity index (χ4v) is 4.08. The molecule has 0 spiro atoms. The van der Waals surface area contributed by atoms with Crippen LogP contribution >= 0.6 is 0 Å². The Morgan fingerprint density at radius 3 is 2.33 bits per heavy atom. The largest absolute Gasteiger partial charge is 0.495 e. The number of benzene rings is 2. The number of amides is 1. The molecular weight excluding hydrogens is 366 g/mol. The molecule has 0 aromatic heterocycles. The van der Waals surface area contributed by atoms with Gasteiger partial charge in [0.2, 0.25) is 0 Å². The van der Waals surface area contributed by atoms with E-state index in [1.54, 1.807) is 24.3 Å². The predicted octanol–water partition coefficient (Wildman–Crippen LogP) is 4.61. The Morgan fingerprint density at radius 1 is 1.11 bits per heavy atom. The van der Waals surface area contributed by atoms with Crippen LogP contribution in [0.3, 0.4) is 0 Å². The topological polar surface area (TPSA) is 83.9 Å². The Morgan fingerprint density at radius 2 is 1.78 bits per heavy atom. The molecule has 2 aromatic carbocycles. The lowest BCUT2D eigenvalue weighted by molar-refractivity contribution is 0.206. The number of nitrogens with zero attached hydrogens (tertiary/aromatic N) is 1. The number of carboxylic acid groups (broad SMARTS) is 1. The highest BCUT2D eigenvalue weighted by molar-refractivity contribution is 7.93. The summed E-state index contributed by atoms with van der Waals surface area (Å²) in [7, 11) is -2.89. The lowest BCUT2D eigenvalue weighted by atomic mass is 10.1. The highest BCUT2D eigenvalue weighted by atomic mass is 32.2. The van der Waals surface area contributed by atoms with E-state index in [1.165, 1.54) is 25.3 Å². The number of carbonyl (C=O) groups is 1. The zero-order valence-electron chi connectivity index (χ0n) is 15.8. The maximum Gasteiger partial charge on any atom is 0.426 e. The van der Waals surface area contributed by atoms with Gasteiger partial charge in [-0.2, -0.15) is 4.31 Å². The molecule has 0 radical (unpaired) electrons. The molecule has 27 heavy (non-hydrogen) atoms. The van der Waals surface area contributed by atoms with Gasteiger partial charge in [0.25, 0.3) is 10.0 Å². The predicted molar refractivity (Wildman–Crippen MR) is 105 cm³/mol. The fraction of sp³-hybridized carbons (Fsp3) is 0.350. The van der Waals surface area contributed by atoms with Gasteiger partial charge in [0.15, 0.2) is 0 Å². The highest BCUT2D eigenvalue weighted by Crippen LogP contribution is 2.34. The quantitative estimate of drug-likeness (QED) is 0.664. The van der Waals surface area contributed by atoms with E-state index in [0.29, 0.717) is 4.31 Å². The maximum atomic E-state index is 12.9. The molecule has 1 amide bonds. The summed E-state index contributed by atoms with van der Waals surface area (Å²) in [4.78, 5) is 11.7. The summed E-state index contributed by atoms with van der Waals surface area (Å²) >= 11 is 0. The van der Waals surface area contributed by atoms with Gasteiger partial charge in [0, 0.05) is 0 Å². The first-order chi connectivity index (χ1) is 12.8. The second-order valence-electron chi connectivity index (χ2n) is 6.33. The summed E-state index contributed by atoms with van der Waals surface area (Å²) in [5.41, 5.74) is 1.83. The third kappa shape index (κ3) is 4.80. The summed E-state index contributed by atoms with van der Waals surface area (Å²) in [5, 5.41) is 9.63. The molecule has 0 heterocycles. The first-order valence-electron chi connectivity index (χ1n) is 8.83. The minimum atomic E-state index is -4.28. The molecule has 0 saturated carbocycles. The molecule has 7 heteroatoms. The van der Waals surface area contributed by atoms with E-state index in [2.05, 4.69) is 6.92 Å². The number of methoxy groups -OCH3 is 1. The highest BCUT2D eigenvalue weighted by Gasteiger charge is 2.33. The normalized spacial score (nSPS) is 11.2. The molecule has 0 aliphatic rings. The van der Waals surface area contributed by atoms with Crippen LogP contribution in [0, 0.1) is 6.92 Å². The van der Waals surface area contributed by atoms with Crippen LogP contribution < -0.4 is 9.04 Å². The zero-order chi connectivity index (χ0) is 20.0. The maximum absolute atomic E-state index is 12.9. The second-order valence-corrected chi connectivity index (χ2v) is 8.12. The van der Waals surface area contributed by atoms with Crippen LogP contribution in [0.25, 0.3) is 0 Å². The van der Waals surface area contributed by atoms with Gasteiger partial charge in [-0.15, -0.1) is 0 Å². The minimum Gasteiger partial charge on any atom is -0.495 e. The van der Waals surface area contributed by atoms with Crippen molar-refractivity contribution in [1.82, 2.24) is 0 Å². The van der Waals surface area contributed by atoms with Crippen molar-refractivity contribution in [3.8, 4) is 5.75 Å². The van der Waals surface area contributed by atoms with Crippen LogP contribution in [-0.4, -0.2) is 26.7 Å². The van der Waals surface area contributed by atoms with E-state index in [-0.39, 0.29) is 16.3 Å². The Bertz CT molecular complexity index is 891. The van der Waals surface area contributed by atoms with E-state index in [1.807, 2.05) is 6.92 Å². The number of rotatable bonds is 8. The lowest BCUT2D eigenvalue weighted by Gasteiger charge is -2.22. The number of sulfonamides is 1. The van der Waals surface area contributed by atoms with Gasteiger partial charge in [-0.05, 0) is 49.6 Å². The van der Waals surface area contributed by atoms with Gasteiger partial charge in [0.05, 0.1) is 12.0 Å². The van der Waals surface area contributed by atoms with Crippen molar-refractivity contribution >= 4 is 21.8 Å². The fourth-order valence-electron chi connectivity index (χ4n) is 2.78. The van der Waals surface area contributed by atoms with E-state index < -0.39 is 16.1 Å². The van der Waals surface area contributed by atoms with Crippen LogP contribution in [0.2, 0.25) is 0 Å². The van der Waals surface area contributed by atoms with E-state index in [9.17, 15) is 18.3 Å². The summed E-state index contributed by atoms with van der Waals surface area (Å²) in [5.74, 6) is 0.210. The molecule has 0 unspecified atom stereocenters. The van der Waals surface area contributed by atoms with Crippen LogP contribution in [-0.2, 0) is 16.4 Å². The summed E-state index contributed by atoms with van der Waals surface area (Å²) in [6.07, 6.45) is 2.42. The number of hydrogen-bond donors (Lipinski definition) is 1. The second kappa shape index (κ2) is 8.90. The molecule has 1 N–H and O–H groups in total. The number of ether oxygens (including phenoxy) is 1. The van der Waals surface area contributed by atoms with E-state index in [4.69, 9.17) is 4.74 Å². The summed E-state index contributed by atoms with van der Waals surface area (Å²) in [6.45, 7) is 3.94. The smallest absolute Gasteiger partial charge is 0.426 e. The van der Waals surface area contributed by atoms with Crippen LogP contribution in [0.15, 0.2) is 47.4 Å². The van der Waals surface area contributed by atoms with Crippen molar-refractivity contribution in [2.75, 3.05) is 11.4 Å². The Balaban J connectivity index is 2.47. The molecule has 0 bridgehead atoms. The Labute approximate surface area is 160 Å². The number of unbranched alkanes of at least 4 members (excludes halogenated alkanes) is 2. The van der Waals surface area contributed by atoms with Crippen molar-refractivity contribution < 1.29 is 23.1 Å². The van der Waals surface area contributed by atoms with Gasteiger partial charge < -0.3 is 9.84 Å². The third-order valence-corrected chi connectivity index (χ3v) is 5.97. The van der Waals surface area contributed by atoms with Crippen molar-refractivity contribution in [2.45, 2.75) is 44.4 Å². The van der Waals surface area contributed by atoms with Gasteiger partial charge in [-0.25, -0.2) is 13.2 Å². The van der Waals surface area contributed by atoms with Crippen molar-refractivity contribution in [1.29, 1.82) is 0 Å². The average molecular weight is 391 g/mol. The van der Waals surface area contributed by atoms with Gasteiger partial charge in [0.1, 0.15) is 11.4 Å². The van der Waals surface area contributed by atoms with Crippen molar-refractivity contribution in [3.63, 3.8) is 0 Å². The molecule has 2 rings (SSSR count). The van der Waals surface area contributed by atoms with Crippen molar-refractivity contribution in [3.05, 3.63) is 53.6 Å². The molecule has 2 aromatic rings. The Hall–Kier alpha value is -2.54. The van der Waals surface area contributed by atoms with Crippen molar-refractivity contribution in [2.24, 2.45) is 0 Å².